The third-order valence-electron chi connectivity index (χ3n) is 3.42. The number of aliphatic hydroxyl groups is 1. The van der Waals surface area contributed by atoms with Gasteiger partial charge in [0.25, 0.3) is 0 Å². The number of rotatable bonds is 6. The molecular formula is C14H19N5O2S. The molecule has 0 bridgehead atoms. The Morgan fingerprint density at radius 1 is 1.23 bits per heavy atom. The molecule has 1 saturated heterocycles. The lowest BCUT2D eigenvalue weighted by molar-refractivity contribution is 0.0188. The fourth-order valence-electron chi connectivity index (χ4n) is 2.31. The van der Waals surface area contributed by atoms with Crippen molar-refractivity contribution in [1.82, 2.24) is 25.1 Å². The van der Waals surface area contributed by atoms with E-state index in [1.807, 2.05) is 30.3 Å². The average molecular weight is 321 g/mol. The summed E-state index contributed by atoms with van der Waals surface area (Å²) < 4.78 is 6.99. The van der Waals surface area contributed by atoms with Gasteiger partial charge in [0.2, 0.25) is 5.16 Å². The maximum atomic E-state index is 10.2. The van der Waals surface area contributed by atoms with E-state index in [0.29, 0.717) is 17.5 Å². The molecule has 0 radical (unpaired) electrons. The SMILES string of the molecule is O[C@@H](CSc1nnnn1-c1ccccc1)CN1CCOCC1. The van der Waals surface area contributed by atoms with E-state index >= 15 is 0 Å². The molecule has 118 valence electrons. The first-order chi connectivity index (χ1) is 10.8. The van der Waals surface area contributed by atoms with Crippen molar-refractivity contribution < 1.29 is 9.84 Å². The van der Waals surface area contributed by atoms with Crippen molar-refractivity contribution >= 4 is 11.8 Å². The molecule has 8 heteroatoms. The molecule has 0 unspecified atom stereocenters. The number of tetrazole rings is 1. The number of hydrogen-bond donors (Lipinski definition) is 1. The van der Waals surface area contributed by atoms with Crippen LogP contribution >= 0.6 is 11.8 Å². The number of para-hydroxylation sites is 1. The highest BCUT2D eigenvalue weighted by atomic mass is 32.2. The highest BCUT2D eigenvalue weighted by Gasteiger charge is 2.16. The van der Waals surface area contributed by atoms with Crippen LogP contribution in [0.15, 0.2) is 35.5 Å². The summed E-state index contributed by atoms with van der Waals surface area (Å²) in [6.45, 7) is 3.90. The van der Waals surface area contributed by atoms with Crippen LogP contribution in [0.3, 0.4) is 0 Å². The number of aliphatic hydroxyl groups excluding tert-OH is 1. The summed E-state index contributed by atoms with van der Waals surface area (Å²) in [4.78, 5) is 2.22. The Labute approximate surface area is 133 Å². The van der Waals surface area contributed by atoms with Crippen molar-refractivity contribution in [3.05, 3.63) is 30.3 Å². The molecule has 1 aliphatic heterocycles. The zero-order valence-corrected chi connectivity index (χ0v) is 13.0. The fraction of sp³-hybridized carbons (Fsp3) is 0.500. The van der Waals surface area contributed by atoms with Gasteiger partial charge in [0, 0.05) is 25.4 Å². The predicted molar refractivity (Wildman–Crippen MR) is 83.1 cm³/mol. The zero-order chi connectivity index (χ0) is 15.2. The molecule has 2 heterocycles. The molecule has 1 aliphatic rings. The maximum Gasteiger partial charge on any atom is 0.214 e. The summed E-state index contributed by atoms with van der Waals surface area (Å²) in [5.41, 5.74) is 0.915. The monoisotopic (exact) mass is 321 g/mol. The summed E-state index contributed by atoms with van der Waals surface area (Å²) >= 11 is 1.46. The minimum absolute atomic E-state index is 0.413. The number of hydrogen-bond acceptors (Lipinski definition) is 7. The van der Waals surface area contributed by atoms with Gasteiger partial charge in [-0.3, -0.25) is 4.90 Å². The van der Waals surface area contributed by atoms with Gasteiger partial charge < -0.3 is 9.84 Å². The predicted octanol–water partition coefficient (Wildman–Crippen LogP) is 0.447. The van der Waals surface area contributed by atoms with Crippen LogP contribution in [0.4, 0.5) is 0 Å². The molecule has 0 saturated carbocycles. The minimum atomic E-state index is -0.413. The third-order valence-corrected chi connectivity index (χ3v) is 4.48. The molecule has 1 aromatic heterocycles. The van der Waals surface area contributed by atoms with Gasteiger partial charge in [-0.1, -0.05) is 30.0 Å². The van der Waals surface area contributed by atoms with Crippen LogP contribution < -0.4 is 0 Å². The summed E-state index contributed by atoms with van der Waals surface area (Å²) in [5.74, 6) is 0.560. The molecule has 1 fully saturated rings. The topological polar surface area (TPSA) is 76.3 Å². The van der Waals surface area contributed by atoms with E-state index in [9.17, 15) is 5.11 Å². The summed E-state index contributed by atoms with van der Waals surface area (Å²) in [5, 5.41) is 22.6. The quantitative estimate of drug-likeness (QED) is 0.774. The van der Waals surface area contributed by atoms with E-state index in [0.717, 1.165) is 32.0 Å². The Kier molecular flexibility index (Phi) is 5.38. The first-order valence-corrected chi connectivity index (χ1v) is 8.26. The number of nitrogens with zero attached hydrogens (tertiary/aromatic N) is 5. The molecule has 1 aromatic carbocycles. The second kappa shape index (κ2) is 7.68. The van der Waals surface area contributed by atoms with Gasteiger partial charge in [0.05, 0.1) is 25.0 Å². The third kappa shape index (κ3) is 4.04. The van der Waals surface area contributed by atoms with Crippen LogP contribution in [0, 0.1) is 0 Å². The standard InChI is InChI=1S/C14H19N5O2S/c20-13(10-18-6-8-21-9-7-18)11-22-14-15-16-17-19(14)12-4-2-1-3-5-12/h1-5,13,20H,6-11H2/t13-/m1/s1. The minimum Gasteiger partial charge on any atom is -0.391 e. The van der Waals surface area contributed by atoms with Crippen molar-refractivity contribution in [3.8, 4) is 5.69 Å². The van der Waals surface area contributed by atoms with Crippen molar-refractivity contribution in [1.29, 1.82) is 0 Å². The number of morpholine rings is 1. The normalized spacial score (nSPS) is 17.5. The lowest BCUT2D eigenvalue weighted by Crippen LogP contribution is -2.41. The molecule has 0 amide bonds. The molecule has 2 aromatic rings. The van der Waals surface area contributed by atoms with E-state index in [2.05, 4.69) is 20.4 Å². The Hall–Kier alpha value is -1.48. The van der Waals surface area contributed by atoms with E-state index < -0.39 is 6.10 Å². The van der Waals surface area contributed by atoms with Crippen LogP contribution in [-0.4, -0.2) is 74.9 Å². The van der Waals surface area contributed by atoms with Crippen LogP contribution in [0.5, 0.6) is 0 Å². The molecule has 3 rings (SSSR count). The Morgan fingerprint density at radius 3 is 2.77 bits per heavy atom. The number of aromatic nitrogens is 4. The molecule has 0 spiro atoms. The molecule has 1 atom stereocenters. The Morgan fingerprint density at radius 2 is 2.00 bits per heavy atom. The molecule has 1 N–H and O–H groups in total. The van der Waals surface area contributed by atoms with Gasteiger partial charge in [-0.25, -0.2) is 0 Å². The summed E-state index contributed by atoms with van der Waals surface area (Å²) in [6.07, 6.45) is -0.413. The summed E-state index contributed by atoms with van der Waals surface area (Å²) in [7, 11) is 0. The van der Waals surface area contributed by atoms with E-state index in [1.54, 1.807) is 4.68 Å². The van der Waals surface area contributed by atoms with Gasteiger partial charge in [-0.15, -0.1) is 5.10 Å². The van der Waals surface area contributed by atoms with Gasteiger partial charge in [-0.2, -0.15) is 4.68 Å². The molecule has 22 heavy (non-hydrogen) atoms. The maximum absolute atomic E-state index is 10.2. The fourth-order valence-corrected chi connectivity index (χ4v) is 3.11. The van der Waals surface area contributed by atoms with Crippen molar-refractivity contribution in [2.24, 2.45) is 0 Å². The number of β-amino-alcohol motifs (C(OH)–C–C–N with tert-alkyl or cyclic N) is 1. The molecule has 0 aliphatic carbocycles. The Balaban J connectivity index is 1.54. The number of benzene rings is 1. The molecular weight excluding hydrogens is 302 g/mol. The van der Waals surface area contributed by atoms with Crippen LogP contribution in [0.2, 0.25) is 0 Å². The van der Waals surface area contributed by atoms with E-state index in [4.69, 9.17) is 4.74 Å². The average Bonchev–Trinajstić information content (AvgIpc) is 3.03. The first kappa shape index (κ1) is 15.4. The second-order valence-electron chi connectivity index (χ2n) is 5.09. The van der Waals surface area contributed by atoms with Gasteiger partial charge in [0.15, 0.2) is 0 Å². The Bertz CT molecular complexity index is 574. The van der Waals surface area contributed by atoms with Crippen molar-refractivity contribution in [2.45, 2.75) is 11.3 Å². The van der Waals surface area contributed by atoms with E-state index in [-0.39, 0.29) is 0 Å². The first-order valence-electron chi connectivity index (χ1n) is 7.28. The highest BCUT2D eigenvalue weighted by Crippen LogP contribution is 2.19. The van der Waals surface area contributed by atoms with Crippen molar-refractivity contribution in [3.63, 3.8) is 0 Å². The van der Waals surface area contributed by atoms with Crippen molar-refractivity contribution in [2.75, 3.05) is 38.6 Å². The largest absolute Gasteiger partial charge is 0.391 e. The number of thioether (sulfide) groups is 1. The lowest BCUT2D eigenvalue weighted by atomic mass is 10.3. The smallest absolute Gasteiger partial charge is 0.214 e. The van der Waals surface area contributed by atoms with E-state index in [1.165, 1.54) is 11.8 Å². The second-order valence-corrected chi connectivity index (χ2v) is 6.07. The van der Waals surface area contributed by atoms with Crippen LogP contribution in [0.25, 0.3) is 5.69 Å². The van der Waals surface area contributed by atoms with Gasteiger partial charge in [-0.05, 0) is 22.6 Å². The zero-order valence-electron chi connectivity index (χ0n) is 12.2. The van der Waals surface area contributed by atoms with Gasteiger partial charge >= 0.3 is 0 Å². The van der Waals surface area contributed by atoms with Crippen LogP contribution in [0.1, 0.15) is 0 Å². The number of ether oxygens (including phenoxy) is 1. The highest BCUT2D eigenvalue weighted by molar-refractivity contribution is 7.99. The lowest BCUT2D eigenvalue weighted by Gasteiger charge is -2.28. The van der Waals surface area contributed by atoms with Crippen LogP contribution in [-0.2, 0) is 4.74 Å². The molecule has 7 nitrogen and oxygen atoms in total. The van der Waals surface area contributed by atoms with Gasteiger partial charge in [0.1, 0.15) is 0 Å². The summed E-state index contributed by atoms with van der Waals surface area (Å²) in [6, 6.07) is 9.74.